The minimum Gasteiger partial charge on any atom is -0.417 e. The van der Waals surface area contributed by atoms with E-state index in [0.717, 1.165) is 24.7 Å². The van der Waals surface area contributed by atoms with Gasteiger partial charge in [0.05, 0.1) is 22.8 Å². The van der Waals surface area contributed by atoms with Gasteiger partial charge in [-0.25, -0.2) is 0 Å². The molecule has 1 aliphatic heterocycles. The number of benzene rings is 2. The molecule has 0 unspecified atom stereocenters. The van der Waals surface area contributed by atoms with Gasteiger partial charge in [-0.1, -0.05) is 12.1 Å². The Hall–Kier alpha value is -2.45. The molecule has 4 rings (SSSR count). The first kappa shape index (κ1) is 18.9. The summed E-state index contributed by atoms with van der Waals surface area (Å²) >= 11 is 6.90. The predicted molar refractivity (Wildman–Crippen MR) is 111 cm³/mol. The number of rotatable bonds is 5. The second-order valence-corrected chi connectivity index (χ2v) is 8.02. The molecule has 2 aromatic carbocycles. The number of amides is 2. The Morgan fingerprint density at radius 1 is 1.04 bits per heavy atom. The van der Waals surface area contributed by atoms with Gasteiger partial charge in [-0.15, -0.1) is 0 Å². The zero-order valence-electron chi connectivity index (χ0n) is 14.7. The summed E-state index contributed by atoms with van der Waals surface area (Å²) < 4.78 is 3.16. The van der Waals surface area contributed by atoms with Gasteiger partial charge in [0, 0.05) is 32.9 Å². The largest absolute Gasteiger partial charge is 0.417 e. The lowest BCUT2D eigenvalue weighted by molar-refractivity contribution is 0.0649. The van der Waals surface area contributed by atoms with Gasteiger partial charge in [0.2, 0.25) is 0 Å². The van der Waals surface area contributed by atoms with Crippen molar-refractivity contribution in [1.82, 2.24) is 9.63 Å². The summed E-state index contributed by atoms with van der Waals surface area (Å²) in [5, 5.41) is 0.726. The van der Waals surface area contributed by atoms with Gasteiger partial charge >= 0.3 is 0 Å². The molecule has 142 valence electrons. The molecule has 0 saturated carbocycles. The summed E-state index contributed by atoms with van der Waals surface area (Å²) in [5.41, 5.74) is 1.97. The van der Waals surface area contributed by atoms with E-state index in [1.165, 1.54) is 11.8 Å². The second-order valence-electron chi connectivity index (χ2n) is 6.32. The molecule has 3 aromatic rings. The lowest BCUT2D eigenvalue weighted by atomic mass is 10.1. The number of carbonyl (C=O) groups is 3. The highest BCUT2D eigenvalue weighted by Gasteiger charge is 2.35. The van der Waals surface area contributed by atoms with E-state index in [1.807, 2.05) is 12.1 Å². The summed E-state index contributed by atoms with van der Waals surface area (Å²) in [6.07, 6.45) is 1.65. The van der Waals surface area contributed by atoms with Crippen LogP contribution < -0.4 is 4.84 Å². The van der Waals surface area contributed by atoms with Crippen LogP contribution in [0.25, 0.3) is 10.9 Å². The number of ketones is 1. The first-order valence-electron chi connectivity index (χ1n) is 8.45. The van der Waals surface area contributed by atoms with Crippen LogP contribution in [0, 0.1) is 0 Å². The molecule has 0 N–H and O–H groups in total. The molecular weight excluding hydrogens is 492 g/mol. The molecule has 0 bridgehead atoms. The van der Waals surface area contributed by atoms with E-state index in [9.17, 15) is 14.4 Å². The highest BCUT2D eigenvalue weighted by Crippen LogP contribution is 2.32. The highest BCUT2D eigenvalue weighted by atomic mass is 79.9. The van der Waals surface area contributed by atoms with Crippen molar-refractivity contribution in [1.29, 1.82) is 0 Å². The third kappa shape index (κ3) is 2.97. The first-order chi connectivity index (χ1) is 13.4. The molecule has 0 saturated heterocycles. The van der Waals surface area contributed by atoms with Crippen molar-refractivity contribution in [3.63, 3.8) is 0 Å². The molecule has 0 atom stereocenters. The van der Waals surface area contributed by atoms with Crippen LogP contribution in [-0.2, 0) is 0 Å². The van der Waals surface area contributed by atoms with Crippen molar-refractivity contribution in [2.45, 2.75) is 6.42 Å². The third-order valence-electron chi connectivity index (χ3n) is 4.75. The van der Waals surface area contributed by atoms with Crippen LogP contribution in [0.15, 0.2) is 51.5 Å². The smallest absolute Gasteiger partial charge is 0.261 e. The minimum atomic E-state index is -0.362. The number of carbonyl (C=O) groups excluding carboxylic acids is 3. The molecule has 8 heteroatoms. The Labute approximate surface area is 177 Å². The summed E-state index contributed by atoms with van der Waals surface area (Å²) in [7, 11) is 1.52. The minimum absolute atomic E-state index is 0.0297. The normalized spacial score (nSPS) is 13.3. The summed E-state index contributed by atoms with van der Waals surface area (Å²) in [6.45, 7) is 0.0303. The van der Waals surface area contributed by atoms with Gasteiger partial charge < -0.3 is 4.84 Å². The van der Waals surface area contributed by atoms with Crippen LogP contribution in [0.1, 0.15) is 37.5 Å². The second kappa shape index (κ2) is 7.18. The Morgan fingerprint density at radius 2 is 1.64 bits per heavy atom. The molecule has 28 heavy (non-hydrogen) atoms. The topological polar surface area (TPSA) is 68.6 Å². The van der Waals surface area contributed by atoms with Crippen LogP contribution in [0.3, 0.4) is 0 Å². The maximum atomic E-state index is 12.9. The van der Waals surface area contributed by atoms with Gasteiger partial charge in [0.25, 0.3) is 11.8 Å². The highest BCUT2D eigenvalue weighted by molar-refractivity contribution is 9.13. The van der Waals surface area contributed by atoms with Crippen molar-refractivity contribution in [3.05, 3.63) is 68.2 Å². The zero-order valence-corrected chi connectivity index (χ0v) is 17.9. The molecule has 1 aliphatic rings. The Balaban J connectivity index is 1.59. The molecule has 2 heterocycles. The summed E-state index contributed by atoms with van der Waals surface area (Å²) in [6, 6.07) is 10.4. The molecule has 1 aromatic heterocycles. The molecule has 2 amide bonds. The van der Waals surface area contributed by atoms with E-state index in [2.05, 4.69) is 31.9 Å². The number of halogens is 2. The average molecular weight is 506 g/mol. The Kier molecular flexibility index (Phi) is 4.84. The number of Topliss-reactive ketones (excluding diaryl/α,β-unsaturated/α-hetero) is 1. The van der Waals surface area contributed by atoms with Crippen molar-refractivity contribution in [2.75, 3.05) is 13.7 Å². The Bertz CT molecular complexity index is 1120. The van der Waals surface area contributed by atoms with Gasteiger partial charge in [-0.2, -0.15) is 4.73 Å². The van der Waals surface area contributed by atoms with Gasteiger partial charge in [0.15, 0.2) is 5.78 Å². The lowest BCUT2D eigenvalue weighted by Gasteiger charge is -2.12. The number of fused-ring (bicyclic) bond motifs is 2. The van der Waals surface area contributed by atoms with E-state index >= 15 is 0 Å². The van der Waals surface area contributed by atoms with E-state index in [4.69, 9.17) is 4.84 Å². The van der Waals surface area contributed by atoms with Crippen molar-refractivity contribution in [3.8, 4) is 0 Å². The van der Waals surface area contributed by atoms with Crippen LogP contribution in [0.5, 0.6) is 0 Å². The summed E-state index contributed by atoms with van der Waals surface area (Å²) in [4.78, 5) is 44.2. The number of aromatic nitrogens is 1. The van der Waals surface area contributed by atoms with E-state index in [0.29, 0.717) is 16.7 Å². The molecular formula is C20H14Br2N2O4. The van der Waals surface area contributed by atoms with Crippen LogP contribution >= 0.6 is 31.9 Å². The number of imide groups is 1. The van der Waals surface area contributed by atoms with Crippen LogP contribution in [0.4, 0.5) is 0 Å². The van der Waals surface area contributed by atoms with Crippen molar-refractivity contribution in [2.24, 2.45) is 0 Å². The van der Waals surface area contributed by atoms with Crippen LogP contribution in [0.2, 0.25) is 0 Å². The van der Waals surface area contributed by atoms with Gasteiger partial charge in [-0.05, 0) is 56.1 Å². The van der Waals surface area contributed by atoms with E-state index < -0.39 is 0 Å². The monoisotopic (exact) mass is 504 g/mol. The molecule has 0 fully saturated rings. The van der Waals surface area contributed by atoms with Gasteiger partial charge in [0.1, 0.15) is 7.11 Å². The van der Waals surface area contributed by atoms with E-state index in [1.54, 1.807) is 30.5 Å². The first-order valence-corrected chi connectivity index (χ1v) is 10.0. The maximum Gasteiger partial charge on any atom is 0.261 e. The Morgan fingerprint density at radius 3 is 2.25 bits per heavy atom. The lowest BCUT2D eigenvalue weighted by Crippen LogP contribution is -2.31. The predicted octanol–water partition coefficient (Wildman–Crippen LogP) is 4.09. The van der Waals surface area contributed by atoms with E-state index in [-0.39, 0.29) is 30.6 Å². The maximum absolute atomic E-state index is 12.9. The SMILES string of the molecule is COn1cc(C(=O)CCN2C(=O)c3ccccc3C2=O)c2cc(Br)c(Br)cc21. The fraction of sp³-hybridized carbons (Fsp3) is 0.150. The zero-order chi connectivity index (χ0) is 20.0. The van der Waals surface area contributed by atoms with Gasteiger partial charge in [-0.3, -0.25) is 19.3 Å². The van der Waals surface area contributed by atoms with Crippen LogP contribution in [-0.4, -0.2) is 40.9 Å². The molecule has 0 aliphatic carbocycles. The number of hydrogen-bond acceptors (Lipinski definition) is 4. The standard InChI is InChI=1S/C20H14Br2N2O4/c1-28-24-10-14(13-8-15(21)16(22)9-17(13)24)18(25)6-7-23-19(26)11-4-2-3-5-12(11)20(23)27/h2-5,8-10H,6-7H2,1H3. The molecule has 0 radical (unpaired) electrons. The molecule has 6 nitrogen and oxygen atoms in total. The van der Waals surface area contributed by atoms with Crippen molar-refractivity contribution < 1.29 is 19.2 Å². The molecule has 0 spiro atoms. The fourth-order valence-corrected chi connectivity index (χ4v) is 4.03. The number of hydrogen-bond donors (Lipinski definition) is 0. The number of nitrogens with zero attached hydrogens (tertiary/aromatic N) is 2. The quantitative estimate of drug-likeness (QED) is 0.387. The third-order valence-corrected chi connectivity index (χ3v) is 6.59. The van der Waals surface area contributed by atoms with Crippen molar-refractivity contribution >= 4 is 60.4 Å². The average Bonchev–Trinajstić information content (AvgIpc) is 3.16. The fourth-order valence-electron chi connectivity index (χ4n) is 3.35. The summed E-state index contributed by atoms with van der Waals surface area (Å²) in [5.74, 6) is -0.898.